The van der Waals surface area contributed by atoms with Crippen LogP contribution >= 0.6 is 0 Å². The molecule has 2 heterocycles. The first kappa shape index (κ1) is 24.2. The molecule has 1 fully saturated rings. The molecule has 1 saturated heterocycles. The van der Waals surface area contributed by atoms with Crippen LogP contribution in [0.25, 0.3) is 0 Å². The van der Waals surface area contributed by atoms with Crippen LogP contribution in [0.15, 0.2) is 77.8 Å². The molecule has 2 aliphatic heterocycles. The van der Waals surface area contributed by atoms with Crippen molar-refractivity contribution in [3.05, 3.63) is 89.5 Å². The Morgan fingerprint density at radius 3 is 2.17 bits per heavy atom. The van der Waals surface area contributed by atoms with Gasteiger partial charge in [0.2, 0.25) is 0 Å². The van der Waals surface area contributed by atoms with Gasteiger partial charge in [-0.15, -0.1) is 0 Å². The van der Waals surface area contributed by atoms with E-state index in [1.165, 1.54) is 11.1 Å². The van der Waals surface area contributed by atoms with Crippen molar-refractivity contribution in [1.29, 1.82) is 0 Å². The number of nitrogens with zero attached hydrogens (tertiary/aromatic N) is 2. The summed E-state index contributed by atoms with van der Waals surface area (Å²) in [5, 5.41) is 3.48. The molecule has 0 aromatic heterocycles. The second kappa shape index (κ2) is 9.84. The van der Waals surface area contributed by atoms with Crippen LogP contribution in [0.4, 0.5) is 5.69 Å². The molecular formula is C29H35N5O2. The molecule has 5 N–H and O–H groups in total. The highest BCUT2D eigenvalue weighted by atomic mass is 16.5. The Hall–Kier alpha value is -3.55. The molecule has 2 aliphatic rings. The summed E-state index contributed by atoms with van der Waals surface area (Å²) in [4.78, 5) is 7.31. The van der Waals surface area contributed by atoms with Crippen LogP contribution in [0.5, 0.6) is 11.5 Å². The fourth-order valence-electron chi connectivity index (χ4n) is 5.67. The van der Waals surface area contributed by atoms with Gasteiger partial charge in [-0.25, -0.2) is 4.99 Å². The maximum Gasteiger partial charge on any atom is 0.185 e. The van der Waals surface area contributed by atoms with Gasteiger partial charge in [0.05, 0.1) is 19.9 Å². The number of likely N-dealkylation sites (tertiary alicyclic amines) is 1. The van der Waals surface area contributed by atoms with Gasteiger partial charge in [0, 0.05) is 30.0 Å². The van der Waals surface area contributed by atoms with Crippen molar-refractivity contribution in [2.75, 3.05) is 32.6 Å². The Labute approximate surface area is 213 Å². The number of amidine groups is 1. The molecule has 7 nitrogen and oxygen atoms in total. The average molecular weight is 486 g/mol. The Morgan fingerprint density at radius 2 is 1.53 bits per heavy atom. The fourth-order valence-corrected chi connectivity index (χ4v) is 5.67. The van der Waals surface area contributed by atoms with E-state index >= 15 is 0 Å². The Morgan fingerprint density at radius 1 is 0.917 bits per heavy atom. The van der Waals surface area contributed by atoms with Gasteiger partial charge in [-0.1, -0.05) is 60.7 Å². The molecule has 0 amide bonds. The maximum absolute atomic E-state index is 6.97. The Kier molecular flexibility index (Phi) is 6.60. The lowest BCUT2D eigenvalue weighted by Gasteiger charge is -2.47. The third-order valence-corrected chi connectivity index (χ3v) is 7.53. The summed E-state index contributed by atoms with van der Waals surface area (Å²) in [5.74, 6) is 0.575. The number of piperidine rings is 1. The normalized spacial score (nSPS) is 21.1. The van der Waals surface area contributed by atoms with Crippen LogP contribution < -0.4 is 26.3 Å². The van der Waals surface area contributed by atoms with E-state index < -0.39 is 5.79 Å². The van der Waals surface area contributed by atoms with E-state index in [0.29, 0.717) is 23.8 Å². The van der Waals surface area contributed by atoms with E-state index in [2.05, 4.69) is 70.9 Å². The van der Waals surface area contributed by atoms with Crippen LogP contribution in [-0.2, 0) is 12.0 Å². The number of rotatable bonds is 7. The highest BCUT2D eigenvalue weighted by Crippen LogP contribution is 2.44. The molecule has 0 radical (unpaired) electrons. The Balaban J connectivity index is 1.42. The number of ether oxygens (including phenoxy) is 2. The second-order valence-electron chi connectivity index (χ2n) is 9.88. The maximum atomic E-state index is 6.97. The molecule has 3 aromatic carbocycles. The summed E-state index contributed by atoms with van der Waals surface area (Å²) < 4.78 is 11.0. The molecule has 0 aliphatic carbocycles. The van der Waals surface area contributed by atoms with E-state index in [1.54, 1.807) is 14.2 Å². The molecule has 5 rings (SSSR count). The molecule has 0 saturated carbocycles. The standard InChI is InChI=1S/C29H35N5O2/c1-35-25-17-23-24(18-26(25)36-2)32-29(31,33-27(23)30)20-28(22-11-7-4-8-12-22)13-15-34(16-14-28)19-21-9-5-3-6-10-21/h3-12,17-18,32H,13-16,19-20,31H2,1-2H3,(H2,30,33). The summed E-state index contributed by atoms with van der Waals surface area (Å²) in [6.45, 7) is 2.93. The zero-order chi connectivity index (χ0) is 25.2. The molecule has 36 heavy (non-hydrogen) atoms. The molecule has 188 valence electrons. The average Bonchev–Trinajstić information content (AvgIpc) is 2.90. The fraction of sp³-hybridized carbons (Fsp3) is 0.345. The van der Waals surface area contributed by atoms with Gasteiger partial charge in [-0.3, -0.25) is 10.6 Å². The van der Waals surface area contributed by atoms with Crippen LogP contribution in [-0.4, -0.2) is 43.8 Å². The smallest absolute Gasteiger partial charge is 0.185 e. The van der Waals surface area contributed by atoms with E-state index in [4.69, 9.17) is 25.9 Å². The lowest BCUT2D eigenvalue weighted by molar-refractivity contribution is 0.130. The quantitative estimate of drug-likeness (QED) is 0.467. The van der Waals surface area contributed by atoms with Crippen molar-refractivity contribution in [1.82, 2.24) is 4.90 Å². The number of methoxy groups -OCH3 is 2. The predicted octanol–water partition coefficient (Wildman–Crippen LogP) is 4.07. The first-order valence-corrected chi connectivity index (χ1v) is 12.4. The van der Waals surface area contributed by atoms with Gasteiger partial charge in [-0.2, -0.15) is 0 Å². The molecule has 1 atom stereocenters. The monoisotopic (exact) mass is 485 g/mol. The van der Waals surface area contributed by atoms with Gasteiger partial charge in [0.1, 0.15) is 5.84 Å². The number of anilines is 1. The second-order valence-corrected chi connectivity index (χ2v) is 9.88. The largest absolute Gasteiger partial charge is 0.493 e. The van der Waals surface area contributed by atoms with Gasteiger partial charge in [-0.05, 0) is 43.1 Å². The molecular weight excluding hydrogens is 450 g/mol. The van der Waals surface area contributed by atoms with Gasteiger partial charge < -0.3 is 20.5 Å². The number of nitrogens with two attached hydrogens (primary N) is 2. The molecule has 7 heteroatoms. The minimum Gasteiger partial charge on any atom is -0.493 e. The van der Waals surface area contributed by atoms with Crippen molar-refractivity contribution < 1.29 is 9.47 Å². The first-order chi connectivity index (χ1) is 17.4. The topological polar surface area (TPSA) is 98.1 Å². The van der Waals surface area contributed by atoms with Crippen molar-refractivity contribution in [2.45, 2.75) is 37.0 Å². The number of hydrogen-bond donors (Lipinski definition) is 3. The van der Waals surface area contributed by atoms with Crippen molar-refractivity contribution in [2.24, 2.45) is 16.5 Å². The van der Waals surface area contributed by atoms with Gasteiger partial charge >= 0.3 is 0 Å². The number of nitrogens with one attached hydrogen (secondary N) is 1. The van der Waals surface area contributed by atoms with Gasteiger partial charge in [0.25, 0.3) is 0 Å². The van der Waals surface area contributed by atoms with E-state index in [0.717, 1.165) is 43.7 Å². The van der Waals surface area contributed by atoms with E-state index in [-0.39, 0.29) is 5.41 Å². The summed E-state index contributed by atoms with van der Waals surface area (Å²) in [7, 11) is 3.22. The van der Waals surface area contributed by atoms with Crippen LogP contribution in [0.3, 0.4) is 0 Å². The van der Waals surface area contributed by atoms with Crippen LogP contribution in [0.2, 0.25) is 0 Å². The molecule has 0 bridgehead atoms. The minimum absolute atomic E-state index is 0.131. The van der Waals surface area contributed by atoms with Crippen LogP contribution in [0.1, 0.15) is 36.0 Å². The number of benzene rings is 3. The third-order valence-electron chi connectivity index (χ3n) is 7.53. The number of hydrogen-bond acceptors (Lipinski definition) is 7. The van der Waals surface area contributed by atoms with Gasteiger partial charge in [0.15, 0.2) is 17.3 Å². The van der Waals surface area contributed by atoms with Crippen molar-refractivity contribution in [3.63, 3.8) is 0 Å². The molecule has 0 spiro atoms. The zero-order valence-corrected chi connectivity index (χ0v) is 21.0. The highest BCUT2D eigenvalue weighted by molar-refractivity contribution is 6.05. The summed E-state index contributed by atoms with van der Waals surface area (Å²) in [6.07, 6.45) is 2.59. The summed E-state index contributed by atoms with van der Waals surface area (Å²) in [6, 6.07) is 25.1. The van der Waals surface area contributed by atoms with Crippen molar-refractivity contribution in [3.8, 4) is 11.5 Å². The third kappa shape index (κ3) is 4.76. The highest BCUT2D eigenvalue weighted by Gasteiger charge is 2.44. The van der Waals surface area contributed by atoms with Crippen molar-refractivity contribution >= 4 is 11.5 Å². The SMILES string of the molecule is COc1cc2c(cc1OC)C(N)=NC(N)(CC1(c3ccccc3)CCN(Cc3ccccc3)CC1)N2. The number of fused-ring (bicyclic) bond motifs is 1. The van der Waals surface area contributed by atoms with Crippen LogP contribution in [0, 0.1) is 0 Å². The lowest BCUT2D eigenvalue weighted by atomic mass is 9.68. The van der Waals surface area contributed by atoms with E-state index in [9.17, 15) is 0 Å². The predicted molar refractivity (Wildman–Crippen MR) is 145 cm³/mol. The number of aliphatic imine (C=N–C) groups is 1. The first-order valence-electron chi connectivity index (χ1n) is 12.4. The zero-order valence-electron chi connectivity index (χ0n) is 21.0. The molecule has 1 unspecified atom stereocenters. The summed E-state index contributed by atoms with van der Waals surface area (Å²) in [5.41, 5.74) is 17.5. The minimum atomic E-state index is -1.05. The Bertz CT molecular complexity index is 1220. The van der Waals surface area contributed by atoms with E-state index in [1.807, 2.05) is 12.1 Å². The summed E-state index contributed by atoms with van der Waals surface area (Å²) >= 11 is 0. The molecule has 3 aromatic rings. The lowest BCUT2D eigenvalue weighted by Crippen LogP contribution is -2.56.